The van der Waals surface area contributed by atoms with Crippen LogP contribution >= 0.6 is 11.3 Å². The first-order valence-corrected chi connectivity index (χ1v) is 7.03. The molecule has 0 aromatic carbocycles. The van der Waals surface area contributed by atoms with E-state index in [0.29, 0.717) is 4.88 Å². The summed E-state index contributed by atoms with van der Waals surface area (Å²) in [4.78, 5) is 26.1. The quantitative estimate of drug-likeness (QED) is 0.859. The molecule has 1 unspecified atom stereocenters. The summed E-state index contributed by atoms with van der Waals surface area (Å²) >= 11 is 1.37. The maximum absolute atomic E-state index is 12.0. The van der Waals surface area contributed by atoms with Gasteiger partial charge in [-0.05, 0) is 24.8 Å². The van der Waals surface area contributed by atoms with Gasteiger partial charge in [0.2, 0.25) is 5.91 Å². The van der Waals surface area contributed by atoms with Crippen molar-refractivity contribution in [3.05, 3.63) is 22.4 Å². The summed E-state index contributed by atoms with van der Waals surface area (Å²) in [6.07, 6.45) is 2.03. The second-order valence-electron chi connectivity index (χ2n) is 4.29. The second-order valence-corrected chi connectivity index (χ2v) is 5.23. The average molecular weight is 268 g/mol. The molecule has 5 heteroatoms. The molecule has 1 rings (SSSR count). The van der Waals surface area contributed by atoms with Crippen LogP contribution in [0.4, 0.5) is 0 Å². The minimum absolute atomic E-state index is 0.0478. The molecule has 1 atom stereocenters. The van der Waals surface area contributed by atoms with Gasteiger partial charge >= 0.3 is 0 Å². The van der Waals surface area contributed by atoms with E-state index in [0.717, 1.165) is 19.4 Å². The molecule has 4 nitrogen and oxygen atoms in total. The predicted molar refractivity (Wildman–Crippen MR) is 73.8 cm³/mol. The van der Waals surface area contributed by atoms with Crippen LogP contribution in [0.3, 0.4) is 0 Å². The van der Waals surface area contributed by atoms with E-state index in [1.807, 2.05) is 11.4 Å². The van der Waals surface area contributed by atoms with Gasteiger partial charge < -0.3 is 10.2 Å². The number of likely N-dealkylation sites (N-methyl/N-ethyl adjacent to an activating group) is 1. The van der Waals surface area contributed by atoms with Crippen LogP contribution in [0.25, 0.3) is 0 Å². The number of rotatable bonds is 6. The van der Waals surface area contributed by atoms with Gasteiger partial charge in [0.15, 0.2) is 0 Å². The maximum Gasteiger partial charge on any atom is 0.261 e. The number of thiophene rings is 1. The van der Waals surface area contributed by atoms with Gasteiger partial charge in [0.05, 0.1) is 4.88 Å². The standard InChI is InChI=1S/C13H20N2O2S/c1-4-5-8-15(3)13(17)10(2)14-12(16)11-7-6-9-18-11/h6-7,9-10H,4-5,8H2,1-3H3,(H,14,16). The van der Waals surface area contributed by atoms with E-state index in [1.54, 1.807) is 24.9 Å². The number of amides is 2. The van der Waals surface area contributed by atoms with Crippen molar-refractivity contribution in [2.75, 3.05) is 13.6 Å². The lowest BCUT2D eigenvalue weighted by atomic mass is 10.2. The minimum atomic E-state index is -0.485. The number of carbonyl (C=O) groups excluding carboxylic acids is 2. The molecule has 0 radical (unpaired) electrons. The molecule has 0 spiro atoms. The van der Waals surface area contributed by atoms with Crippen molar-refractivity contribution in [1.29, 1.82) is 0 Å². The molecule has 1 N–H and O–H groups in total. The third kappa shape index (κ3) is 4.14. The van der Waals surface area contributed by atoms with E-state index in [4.69, 9.17) is 0 Å². The van der Waals surface area contributed by atoms with Crippen LogP contribution in [0.5, 0.6) is 0 Å². The van der Waals surface area contributed by atoms with Crippen molar-refractivity contribution in [3.8, 4) is 0 Å². The Morgan fingerprint density at radius 3 is 2.78 bits per heavy atom. The Balaban J connectivity index is 2.47. The van der Waals surface area contributed by atoms with Gasteiger partial charge in [0, 0.05) is 13.6 Å². The van der Waals surface area contributed by atoms with Crippen LogP contribution in [0, 0.1) is 0 Å². The van der Waals surface area contributed by atoms with E-state index in [-0.39, 0.29) is 11.8 Å². The summed E-state index contributed by atoms with van der Waals surface area (Å²) in [6, 6.07) is 3.08. The van der Waals surface area contributed by atoms with E-state index in [2.05, 4.69) is 12.2 Å². The van der Waals surface area contributed by atoms with E-state index in [9.17, 15) is 9.59 Å². The summed E-state index contributed by atoms with van der Waals surface area (Å²) in [5.74, 6) is -0.233. The lowest BCUT2D eigenvalue weighted by Crippen LogP contribution is -2.45. The molecule has 1 heterocycles. The first-order chi connectivity index (χ1) is 8.56. The summed E-state index contributed by atoms with van der Waals surface area (Å²) in [7, 11) is 1.77. The van der Waals surface area contributed by atoms with Gasteiger partial charge in [0.25, 0.3) is 5.91 Å². The normalized spacial score (nSPS) is 11.9. The molecule has 18 heavy (non-hydrogen) atoms. The average Bonchev–Trinajstić information content (AvgIpc) is 2.88. The minimum Gasteiger partial charge on any atom is -0.344 e. The number of hydrogen-bond acceptors (Lipinski definition) is 3. The molecule has 0 saturated heterocycles. The molecule has 0 bridgehead atoms. The van der Waals surface area contributed by atoms with Crippen LogP contribution in [-0.2, 0) is 4.79 Å². The monoisotopic (exact) mass is 268 g/mol. The predicted octanol–water partition coefficient (Wildman–Crippen LogP) is 2.12. The first kappa shape index (κ1) is 14.7. The second kappa shape index (κ2) is 7.16. The smallest absolute Gasteiger partial charge is 0.261 e. The fourth-order valence-electron chi connectivity index (χ4n) is 1.57. The fourth-order valence-corrected chi connectivity index (χ4v) is 2.20. The van der Waals surface area contributed by atoms with Crippen LogP contribution in [0.15, 0.2) is 17.5 Å². The van der Waals surface area contributed by atoms with Crippen molar-refractivity contribution < 1.29 is 9.59 Å². The number of carbonyl (C=O) groups is 2. The molecular formula is C13H20N2O2S. The number of nitrogens with one attached hydrogen (secondary N) is 1. The Bertz CT molecular complexity index is 390. The summed E-state index contributed by atoms with van der Waals surface area (Å²) in [5, 5.41) is 4.56. The summed E-state index contributed by atoms with van der Waals surface area (Å²) < 4.78 is 0. The molecule has 1 aromatic heterocycles. The fraction of sp³-hybridized carbons (Fsp3) is 0.538. The molecular weight excluding hydrogens is 248 g/mol. The zero-order chi connectivity index (χ0) is 13.5. The first-order valence-electron chi connectivity index (χ1n) is 6.15. The zero-order valence-electron chi connectivity index (χ0n) is 11.1. The lowest BCUT2D eigenvalue weighted by molar-refractivity contribution is -0.131. The molecule has 1 aromatic rings. The van der Waals surface area contributed by atoms with Gasteiger partial charge in [-0.2, -0.15) is 0 Å². The third-order valence-corrected chi connectivity index (χ3v) is 3.55. The Hall–Kier alpha value is -1.36. The number of nitrogens with zero attached hydrogens (tertiary/aromatic N) is 1. The molecule has 0 aliphatic rings. The van der Waals surface area contributed by atoms with Crippen molar-refractivity contribution in [3.63, 3.8) is 0 Å². The number of hydrogen-bond donors (Lipinski definition) is 1. The van der Waals surface area contributed by atoms with Crippen molar-refractivity contribution in [2.45, 2.75) is 32.7 Å². The molecule has 0 fully saturated rings. The highest BCUT2D eigenvalue weighted by Gasteiger charge is 2.19. The lowest BCUT2D eigenvalue weighted by Gasteiger charge is -2.21. The zero-order valence-corrected chi connectivity index (χ0v) is 11.9. The third-order valence-electron chi connectivity index (χ3n) is 2.69. The van der Waals surface area contributed by atoms with Crippen LogP contribution in [0.1, 0.15) is 36.4 Å². The SMILES string of the molecule is CCCCN(C)C(=O)C(C)NC(=O)c1cccs1. The molecule has 0 aliphatic heterocycles. The topological polar surface area (TPSA) is 49.4 Å². The largest absolute Gasteiger partial charge is 0.344 e. The highest BCUT2D eigenvalue weighted by atomic mass is 32.1. The Morgan fingerprint density at radius 1 is 1.50 bits per heavy atom. The Labute approximate surface area is 112 Å². The molecule has 2 amide bonds. The Morgan fingerprint density at radius 2 is 2.22 bits per heavy atom. The van der Waals surface area contributed by atoms with E-state index in [1.165, 1.54) is 11.3 Å². The number of unbranched alkanes of at least 4 members (excludes halogenated alkanes) is 1. The summed E-state index contributed by atoms with van der Waals surface area (Å²) in [5.41, 5.74) is 0. The maximum atomic E-state index is 12.0. The highest BCUT2D eigenvalue weighted by molar-refractivity contribution is 7.12. The van der Waals surface area contributed by atoms with Crippen molar-refractivity contribution in [1.82, 2.24) is 10.2 Å². The van der Waals surface area contributed by atoms with Gasteiger partial charge in [-0.15, -0.1) is 11.3 Å². The van der Waals surface area contributed by atoms with Gasteiger partial charge in [-0.1, -0.05) is 19.4 Å². The molecule has 0 saturated carbocycles. The van der Waals surface area contributed by atoms with Gasteiger partial charge in [-0.3, -0.25) is 9.59 Å². The van der Waals surface area contributed by atoms with E-state index >= 15 is 0 Å². The van der Waals surface area contributed by atoms with Gasteiger partial charge in [-0.25, -0.2) is 0 Å². The van der Waals surface area contributed by atoms with Crippen molar-refractivity contribution >= 4 is 23.2 Å². The van der Waals surface area contributed by atoms with Crippen LogP contribution < -0.4 is 5.32 Å². The molecule has 0 aliphatic carbocycles. The highest BCUT2D eigenvalue weighted by Crippen LogP contribution is 2.08. The van der Waals surface area contributed by atoms with Gasteiger partial charge in [0.1, 0.15) is 6.04 Å². The van der Waals surface area contributed by atoms with Crippen molar-refractivity contribution in [2.24, 2.45) is 0 Å². The van der Waals surface area contributed by atoms with Crippen LogP contribution in [0.2, 0.25) is 0 Å². The van der Waals surface area contributed by atoms with Crippen LogP contribution in [-0.4, -0.2) is 36.3 Å². The molecule has 100 valence electrons. The Kier molecular flexibility index (Phi) is 5.85. The summed E-state index contributed by atoms with van der Waals surface area (Å²) in [6.45, 7) is 4.53. The van der Waals surface area contributed by atoms with E-state index < -0.39 is 6.04 Å².